The summed E-state index contributed by atoms with van der Waals surface area (Å²) in [5.41, 5.74) is 1.34. The number of aryl methyl sites for hydroxylation is 1. The Hall–Kier alpha value is -2.69. The number of benzene rings is 1. The van der Waals surface area contributed by atoms with E-state index in [0.29, 0.717) is 17.0 Å². The summed E-state index contributed by atoms with van der Waals surface area (Å²) in [6.07, 6.45) is 1.37. The third-order valence-electron chi connectivity index (χ3n) is 3.33. The standard InChI is InChI=1S/C15H11NO4/c1-7-3-9-11(6-16-7)15(19)13-10(14(9)18)4-8(20-2)5-12(13)17/h3-6,17H,1-2H3. The van der Waals surface area contributed by atoms with Crippen molar-refractivity contribution in [2.45, 2.75) is 6.92 Å². The van der Waals surface area contributed by atoms with Crippen LogP contribution in [0.15, 0.2) is 24.4 Å². The van der Waals surface area contributed by atoms with Gasteiger partial charge in [0.2, 0.25) is 0 Å². The quantitative estimate of drug-likeness (QED) is 0.730. The van der Waals surface area contributed by atoms with E-state index in [0.717, 1.165) is 0 Å². The van der Waals surface area contributed by atoms with E-state index in [-0.39, 0.29) is 28.2 Å². The lowest BCUT2D eigenvalue weighted by Gasteiger charge is -2.19. The third-order valence-corrected chi connectivity index (χ3v) is 3.33. The van der Waals surface area contributed by atoms with Crippen LogP contribution in [0, 0.1) is 6.92 Å². The maximum absolute atomic E-state index is 12.5. The third kappa shape index (κ3) is 1.60. The predicted molar refractivity (Wildman–Crippen MR) is 70.5 cm³/mol. The Kier molecular flexibility index (Phi) is 2.57. The number of phenolic OH excluding ortho intramolecular Hbond substituents is 1. The number of aromatic nitrogens is 1. The molecule has 0 saturated carbocycles. The molecule has 5 nitrogen and oxygen atoms in total. The van der Waals surface area contributed by atoms with Crippen molar-refractivity contribution in [1.82, 2.24) is 4.98 Å². The fourth-order valence-corrected chi connectivity index (χ4v) is 2.34. The van der Waals surface area contributed by atoms with Crippen molar-refractivity contribution in [2.75, 3.05) is 7.11 Å². The summed E-state index contributed by atoms with van der Waals surface area (Å²) in [7, 11) is 1.43. The Morgan fingerprint density at radius 2 is 1.80 bits per heavy atom. The Bertz CT molecular complexity index is 765. The molecule has 0 unspecified atom stereocenters. The summed E-state index contributed by atoms with van der Waals surface area (Å²) in [6, 6.07) is 4.36. The first-order valence-electron chi connectivity index (χ1n) is 6.00. The van der Waals surface area contributed by atoms with Gasteiger partial charge in [0.05, 0.1) is 18.2 Å². The normalized spacial score (nSPS) is 12.9. The van der Waals surface area contributed by atoms with Crippen molar-refractivity contribution >= 4 is 11.6 Å². The summed E-state index contributed by atoms with van der Waals surface area (Å²) < 4.78 is 5.02. The molecule has 0 fully saturated rings. The Morgan fingerprint density at radius 1 is 1.05 bits per heavy atom. The topological polar surface area (TPSA) is 76.5 Å². The predicted octanol–water partition coefficient (Wildman–Crippen LogP) is 1.88. The molecule has 1 aromatic heterocycles. The first-order valence-corrected chi connectivity index (χ1v) is 6.00. The van der Waals surface area contributed by atoms with Crippen molar-refractivity contribution in [3.8, 4) is 11.5 Å². The Balaban J connectivity index is 2.32. The zero-order chi connectivity index (χ0) is 14.4. The van der Waals surface area contributed by atoms with Gasteiger partial charge < -0.3 is 9.84 Å². The van der Waals surface area contributed by atoms with Crippen molar-refractivity contribution in [1.29, 1.82) is 0 Å². The number of rotatable bonds is 1. The zero-order valence-electron chi connectivity index (χ0n) is 10.9. The van der Waals surface area contributed by atoms with E-state index in [4.69, 9.17) is 4.74 Å². The molecule has 0 aliphatic heterocycles. The SMILES string of the molecule is COc1cc(O)c2c(c1)C(=O)c1cc(C)ncc1C2=O. The molecule has 0 spiro atoms. The molecule has 100 valence electrons. The van der Waals surface area contributed by atoms with Gasteiger partial charge in [0.15, 0.2) is 11.6 Å². The summed E-state index contributed by atoms with van der Waals surface area (Å²) in [6.45, 7) is 1.75. The molecule has 1 heterocycles. The van der Waals surface area contributed by atoms with Gasteiger partial charge in [0.1, 0.15) is 11.5 Å². The molecule has 0 amide bonds. The number of aromatic hydroxyl groups is 1. The van der Waals surface area contributed by atoms with Crippen molar-refractivity contribution in [3.63, 3.8) is 0 Å². The van der Waals surface area contributed by atoms with Crippen LogP contribution in [-0.4, -0.2) is 28.8 Å². The highest BCUT2D eigenvalue weighted by molar-refractivity contribution is 6.29. The van der Waals surface area contributed by atoms with Crippen LogP contribution in [0.25, 0.3) is 0 Å². The maximum Gasteiger partial charge on any atom is 0.199 e. The van der Waals surface area contributed by atoms with Crippen molar-refractivity contribution in [3.05, 3.63) is 52.3 Å². The van der Waals surface area contributed by atoms with E-state index in [1.54, 1.807) is 13.0 Å². The molecule has 1 aromatic carbocycles. The van der Waals surface area contributed by atoms with Gasteiger partial charge >= 0.3 is 0 Å². The number of pyridine rings is 1. The van der Waals surface area contributed by atoms with Gasteiger partial charge in [0, 0.05) is 29.1 Å². The number of ether oxygens (including phenoxy) is 1. The molecule has 0 saturated heterocycles. The van der Waals surface area contributed by atoms with E-state index in [9.17, 15) is 14.7 Å². The van der Waals surface area contributed by atoms with Gasteiger partial charge in [-0.3, -0.25) is 14.6 Å². The van der Waals surface area contributed by atoms with Crippen LogP contribution in [0.3, 0.4) is 0 Å². The molecule has 1 aliphatic carbocycles. The fourth-order valence-electron chi connectivity index (χ4n) is 2.34. The summed E-state index contributed by atoms with van der Waals surface area (Å²) >= 11 is 0. The highest BCUT2D eigenvalue weighted by atomic mass is 16.5. The molecule has 2 aromatic rings. The monoisotopic (exact) mass is 269 g/mol. The van der Waals surface area contributed by atoms with Crippen LogP contribution in [-0.2, 0) is 0 Å². The lowest BCUT2D eigenvalue weighted by molar-refractivity contribution is 0.0976. The lowest BCUT2D eigenvalue weighted by Crippen LogP contribution is -2.21. The average Bonchev–Trinajstić information content (AvgIpc) is 2.43. The molecular weight excluding hydrogens is 258 g/mol. The Labute approximate surface area is 114 Å². The second-order valence-corrected chi connectivity index (χ2v) is 4.60. The average molecular weight is 269 g/mol. The zero-order valence-corrected chi connectivity index (χ0v) is 10.9. The molecular formula is C15H11NO4. The van der Waals surface area contributed by atoms with E-state index >= 15 is 0 Å². The van der Waals surface area contributed by atoms with Gasteiger partial charge in [-0.2, -0.15) is 0 Å². The number of fused-ring (bicyclic) bond motifs is 2. The molecule has 3 rings (SSSR count). The Morgan fingerprint density at radius 3 is 2.50 bits per heavy atom. The number of phenols is 1. The second kappa shape index (κ2) is 4.16. The number of carbonyl (C=O) groups is 2. The fraction of sp³-hybridized carbons (Fsp3) is 0.133. The molecule has 20 heavy (non-hydrogen) atoms. The summed E-state index contributed by atoms with van der Waals surface area (Å²) in [4.78, 5) is 28.9. The van der Waals surface area contributed by atoms with Crippen LogP contribution in [0.1, 0.15) is 37.5 Å². The van der Waals surface area contributed by atoms with E-state index in [2.05, 4.69) is 4.98 Å². The molecule has 1 N–H and O–H groups in total. The van der Waals surface area contributed by atoms with Crippen LogP contribution in [0.2, 0.25) is 0 Å². The lowest BCUT2D eigenvalue weighted by atomic mass is 9.84. The maximum atomic E-state index is 12.5. The van der Waals surface area contributed by atoms with Crippen LogP contribution < -0.4 is 4.74 Å². The summed E-state index contributed by atoms with van der Waals surface area (Å²) in [5.74, 6) is -0.642. The number of carbonyl (C=O) groups excluding carboxylic acids is 2. The molecule has 5 heteroatoms. The molecule has 0 radical (unpaired) electrons. The first-order chi connectivity index (χ1) is 9.52. The highest BCUT2D eigenvalue weighted by Gasteiger charge is 2.33. The number of hydrogen-bond donors (Lipinski definition) is 1. The number of methoxy groups -OCH3 is 1. The smallest absolute Gasteiger partial charge is 0.199 e. The van der Waals surface area contributed by atoms with Crippen LogP contribution >= 0.6 is 0 Å². The van der Waals surface area contributed by atoms with Gasteiger partial charge in [-0.15, -0.1) is 0 Å². The number of nitrogens with zero attached hydrogens (tertiary/aromatic N) is 1. The minimum Gasteiger partial charge on any atom is -0.507 e. The molecule has 0 bridgehead atoms. The summed E-state index contributed by atoms with van der Waals surface area (Å²) in [5, 5.41) is 9.96. The minimum absolute atomic E-state index is 0.00829. The first kappa shape index (κ1) is 12.3. The van der Waals surface area contributed by atoms with Gasteiger partial charge in [-0.05, 0) is 19.1 Å². The van der Waals surface area contributed by atoms with Gasteiger partial charge in [-0.1, -0.05) is 0 Å². The highest BCUT2D eigenvalue weighted by Crippen LogP contribution is 2.35. The van der Waals surface area contributed by atoms with Gasteiger partial charge in [0.25, 0.3) is 0 Å². The van der Waals surface area contributed by atoms with Crippen molar-refractivity contribution in [2.24, 2.45) is 0 Å². The van der Waals surface area contributed by atoms with E-state index in [1.165, 1.54) is 25.4 Å². The minimum atomic E-state index is -0.401. The molecule has 1 aliphatic rings. The van der Waals surface area contributed by atoms with E-state index in [1.807, 2.05) is 0 Å². The van der Waals surface area contributed by atoms with Gasteiger partial charge in [-0.25, -0.2) is 0 Å². The van der Waals surface area contributed by atoms with Crippen LogP contribution in [0.4, 0.5) is 0 Å². The van der Waals surface area contributed by atoms with E-state index < -0.39 is 5.78 Å². The molecule has 0 atom stereocenters. The number of ketones is 2. The largest absolute Gasteiger partial charge is 0.507 e. The number of hydrogen-bond acceptors (Lipinski definition) is 5. The van der Waals surface area contributed by atoms with Crippen LogP contribution in [0.5, 0.6) is 11.5 Å². The van der Waals surface area contributed by atoms with Crippen molar-refractivity contribution < 1.29 is 19.4 Å². The second-order valence-electron chi connectivity index (χ2n) is 4.60.